The number of aldehydes is 1. The molecule has 1 aromatic heterocycles. The number of carbonyl (C=O) groups is 1. The van der Waals surface area contributed by atoms with Gasteiger partial charge in [-0.1, -0.05) is 0 Å². The molecule has 0 saturated carbocycles. The fourth-order valence-electron chi connectivity index (χ4n) is 0.914. The van der Waals surface area contributed by atoms with E-state index in [0.29, 0.717) is 0 Å². The predicted molar refractivity (Wildman–Crippen MR) is 43.7 cm³/mol. The Kier molecular flexibility index (Phi) is 2.72. The van der Waals surface area contributed by atoms with E-state index >= 15 is 0 Å². The minimum Gasteiger partial charge on any atom is -0.383 e. The first-order valence-electron chi connectivity index (χ1n) is 3.54. The Labute approximate surface area is 78.0 Å². The molecule has 0 spiro atoms. The van der Waals surface area contributed by atoms with Crippen molar-refractivity contribution in [2.45, 2.75) is 6.43 Å². The van der Waals surface area contributed by atoms with Crippen molar-refractivity contribution in [3.8, 4) is 6.07 Å². The molecule has 0 aromatic carbocycles. The number of aromatic nitrogens is 1. The number of halogens is 2. The van der Waals surface area contributed by atoms with Crippen LogP contribution in [-0.2, 0) is 0 Å². The quantitative estimate of drug-likeness (QED) is 0.724. The molecule has 0 unspecified atom stereocenters. The maximum atomic E-state index is 12.3. The van der Waals surface area contributed by atoms with Crippen molar-refractivity contribution in [3.05, 3.63) is 22.9 Å². The summed E-state index contributed by atoms with van der Waals surface area (Å²) in [6.07, 6.45) is -2.52. The van der Waals surface area contributed by atoms with Gasteiger partial charge in [-0.25, -0.2) is 13.8 Å². The van der Waals surface area contributed by atoms with Gasteiger partial charge in [-0.2, -0.15) is 5.26 Å². The van der Waals surface area contributed by atoms with Crippen LogP contribution in [-0.4, -0.2) is 11.3 Å². The zero-order chi connectivity index (χ0) is 10.7. The number of nitriles is 1. The molecular weight excluding hydrogens is 192 g/mol. The number of alkyl halides is 2. The van der Waals surface area contributed by atoms with E-state index in [-0.39, 0.29) is 17.5 Å². The fourth-order valence-corrected chi connectivity index (χ4v) is 0.914. The lowest BCUT2D eigenvalue weighted by Crippen LogP contribution is -2.03. The molecule has 0 saturated heterocycles. The number of nitrogens with zero attached hydrogens (tertiary/aromatic N) is 2. The monoisotopic (exact) mass is 197 g/mol. The van der Waals surface area contributed by atoms with Crippen molar-refractivity contribution in [1.29, 1.82) is 5.26 Å². The third-order valence-electron chi connectivity index (χ3n) is 1.58. The summed E-state index contributed by atoms with van der Waals surface area (Å²) >= 11 is 0. The van der Waals surface area contributed by atoms with E-state index < -0.39 is 17.8 Å². The molecule has 1 rings (SSSR count). The van der Waals surface area contributed by atoms with Crippen LogP contribution < -0.4 is 5.73 Å². The highest BCUT2D eigenvalue weighted by Gasteiger charge is 2.16. The second-order valence-electron chi connectivity index (χ2n) is 2.43. The Morgan fingerprint density at radius 2 is 2.29 bits per heavy atom. The molecule has 0 bridgehead atoms. The standard InChI is InChI=1S/C8H5F2N3O/c9-7(10)5-1-4(3-14)6(2-11)13-8(5)12/h1,3,7H,(H2,12,13). The normalized spacial score (nSPS) is 9.86. The topological polar surface area (TPSA) is 79.8 Å². The third kappa shape index (κ3) is 1.66. The number of pyridine rings is 1. The second-order valence-corrected chi connectivity index (χ2v) is 2.43. The van der Waals surface area contributed by atoms with Gasteiger partial charge in [-0.3, -0.25) is 4.79 Å². The highest BCUT2D eigenvalue weighted by atomic mass is 19.3. The Balaban J connectivity index is 3.39. The number of nitrogen functional groups attached to an aromatic ring is 1. The maximum Gasteiger partial charge on any atom is 0.267 e. The Hall–Kier alpha value is -2.03. The summed E-state index contributed by atoms with van der Waals surface area (Å²) in [6.45, 7) is 0. The molecular formula is C8H5F2N3O. The number of hydrogen-bond acceptors (Lipinski definition) is 4. The molecule has 0 fully saturated rings. The van der Waals surface area contributed by atoms with E-state index in [2.05, 4.69) is 4.98 Å². The molecule has 4 nitrogen and oxygen atoms in total. The molecule has 1 aromatic rings. The van der Waals surface area contributed by atoms with Crippen LogP contribution in [0.5, 0.6) is 0 Å². The van der Waals surface area contributed by atoms with Crippen LogP contribution in [0.1, 0.15) is 28.0 Å². The molecule has 0 aliphatic rings. The first-order chi connectivity index (χ1) is 6.60. The predicted octanol–water partition coefficient (Wildman–Crippen LogP) is 1.29. The average molecular weight is 197 g/mol. The SMILES string of the molecule is N#Cc1nc(N)c(C(F)F)cc1C=O. The summed E-state index contributed by atoms with van der Waals surface area (Å²) in [5.41, 5.74) is 4.20. The molecule has 6 heteroatoms. The third-order valence-corrected chi connectivity index (χ3v) is 1.58. The van der Waals surface area contributed by atoms with Gasteiger partial charge in [0.15, 0.2) is 12.0 Å². The number of hydrogen-bond donors (Lipinski definition) is 1. The highest BCUT2D eigenvalue weighted by Crippen LogP contribution is 2.24. The van der Waals surface area contributed by atoms with Crippen LogP contribution in [0.15, 0.2) is 6.07 Å². The smallest absolute Gasteiger partial charge is 0.267 e. The number of nitrogens with two attached hydrogens (primary N) is 1. The van der Waals surface area contributed by atoms with Crippen LogP contribution in [0.25, 0.3) is 0 Å². The number of carbonyl (C=O) groups excluding carboxylic acids is 1. The second kappa shape index (κ2) is 3.79. The van der Waals surface area contributed by atoms with Gasteiger partial charge < -0.3 is 5.73 Å². The number of anilines is 1. The van der Waals surface area contributed by atoms with Gasteiger partial charge in [0.1, 0.15) is 11.9 Å². The average Bonchev–Trinajstić information content (AvgIpc) is 2.16. The van der Waals surface area contributed by atoms with Gasteiger partial charge >= 0.3 is 0 Å². The first-order valence-corrected chi connectivity index (χ1v) is 3.54. The molecule has 0 radical (unpaired) electrons. The molecule has 14 heavy (non-hydrogen) atoms. The molecule has 0 amide bonds. The minimum atomic E-state index is -2.81. The van der Waals surface area contributed by atoms with Crippen LogP contribution >= 0.6 is 0 Å². The number of rotatable bonds is 2. The summed E-state index contributed by atoms with van der Waals surface area (Å²) in [7, 11) is 0. The van der Waals surface area contributed by atoms with Crippen LogP contribution in [0.2, 0.25) is 0 Å². The summed E-state index contributed by atoms with van der Waals surface area (Å²) in [6, 6.07) is 2.46. The van der Waals surface area contributed by atoms with Gasteiger partial charge in [0.25, 0.3) is 6.43 Å². The van der Waals surface area contributed by atoms with Crippen molar-refractivity contribution in [3.63, 3.8) is 0 Å². The van der Waals surface area contributed by atoms with E-state index in [4.69, 9.17) is 11.0 Å². The molecule has 0 aliphatic carbocycles. The fraction of sp³-hybridized carbons (Fsp3) is 0.125. The van der Waals surface area contributed by atoms with Gasteiger partial charge in [0.2, 0.25) is 0 Å². The lowest BCUT2D eigenvalue weighted by Gasteiger charge is -2.04. The van der Waals surface area contributed by atoms with Crippen molar-refractivity contribution < 1.29 is 13.6 Å². The largest absolute Gasteiger partial charge is 0.383 e. The van der Waals surface area contributed by atoms with E-state index in [1.807, 2.05) is 0 Å². The molecule has 0 atom stereocenters. The van der Waals surface area contributed by atoms with Crippen molar-refractivity contribution in [1.82, 2.24) is 4.98 Å². The Morgan fingerprint density at radius 1 is 1.64 bits per heavy atom. The van der Waals surface area contributed by atoms with Crippen LogP contribution in [0.4, 0.5) is 14.6 Å². The molecule has 2 N–H and O–H groups in total. The summed E-state index contributed by atoms with van der Waals surface area (Å²) in [4.78, 5) is 13.8. The van der Waals surface area contributed by atoms with Gasteiger partial charge in [0, 0.05) is 0 Å². The van der Waals surface area contributed by atoms with Crippen molar-refractivity contribution in [2.24, 2.45) is 0 Å². The lowest BCUT2D eigenvalue weighted by molar-refractivity contribution is 0.112. The Bertz CT molecular complexity index is 412. The van der Waals surface area contributed by atoms with E-state index in [1.54, 1.807) is 6.07 Å². The summed E-state index contributed by atoms with van der Waals surface area (Å²) < 4.78 is 24.5. The zero-order valence-electron chi connectivity index (χ0n) is 6.87. The summed E-state index contributed by atoms with van der Waals surface area (Å²) in [5, 5.41) is 8.49. The summed E-state index contributed by atoms with van der Waals surface area (Å²) in [5.74, 6) is -0.429. The lowest BCUT2D eigenvalue weighted by atomic mass is 10.1. The van der Waals surface area contributed by atoms with Gasteiger partial charge in [0.05, 0.1) is 11.1 Å². The molecule has 1 heterocycles. The van der Waals surface area contributed by atoms with E-state index in [0.717, 1.165) is 6.07 Å². The molecule has 72 valence electrons. The maximum absolute atomic E-state index is 12.3. The van der Waals surface area contributed by atoms with Gasteiger partial charge in [-0.15, -0.1) is 0 Å². The van der Waals surface area contributed by atoms with Gasteiger partial charge in [-0.05, 0) is 6.07 Å². The minimum absolute atomic E-state index is 0.183. The Morgan fingerprint density at radius 3 is 2.71 bits per heavy atom. The molecule has 0 aliphatic heterocycles. The van der Waals surface area contributed by atoms with Crippen molar-refractivity contribution >= 4 is 12.1 Å². The van der Waals surface area contributed by atoms with Crippen molar-refractivity contribution in [2.75, 3.05) is 5.73 Å². The van der Waals surface area contributed by atoms with Crippen LogP contribution in [0, 0.1) is 11.3 Å². The van der Waals surface area contributed by atoms with Crippen LogP contribution in [0.3, 0.4) is 0 Å². The highest BCUT2D eigenvalue weighted by molar-refractivity contribution is 5.79. The zero-order valence-corrected chi connectivity index (χ0v) is 6.87. The van der Waals surface area contributed by atoms with E-state index in [1.165, 1.54) is 0 Å². The first kappa shape index (κ1) is 10.1. The van der Waals surface area contributed by atoms with E-state index in [9.17, 15) is 13.6 Å².